The number of rotatable bonds is 10. The van der Waals surface area contributed by atoms with Gasteiger partial charge in [0, 0.05) is 18.8 Å². The summed E-state index contributed by atoms with van der Waals surface area (Å²) in [4.78, 5) is 26.7. The van der Waals surface area contributed by atoms with Crippen molar-refractivity contribution >= 4 is 27.5 Å². The molecule has 0 aromatic heterocycles. The van der Waals surface area contributed by atoms with Crippen molar-refractivity contribution in [1.29, 1.82) is 0 Å². The second-order valence-electron chi connectivity index (χ2n) is 7.54. The molecule has 8 nitrogen and oxygen atoms in total. The molecule has 2 rings (SSSR count). The Morgan fingerprint density at radius 3 is 2.55 bits per heavy atom. The molecule has 1 aromatic rings. The maximum absolute atomic E-state index is 12.4. The van der Waals surface area contributed by atoms with Gasteiger partial charge >= 0.3 is 0 Å². The standard InChI is InChI=1S/C20H32N4O4S/c1-2-3-4-5-12-22-20(26)16-7-6-13-24(14-16)15-19(25)23-17-8-10-18(11-9-17)29(21,27)28/h8-11,16H,2-7,12-15H2,1H3,(H,22,26)(H,23,25)(H2,21,27,28). The van der Waals surface area contributed by atoms with Gasteiger partial charge in [-0.3, -0.25) is 14.5 Å². The van der Waals surface area contributed by atoms with Crippen LogP contribution in [-0.4, -0.2) is 51.3 Å². The summed E-state index contributed by atoms with van der Waals surface area (Å²) in [6.07, 6.45) is 6.21. The summed E-state index contributed by atoms with van der Waals surface area (Å²) in [7, 11) is -3.76. The van der Waals surface area contributed by atoms with Crippen LogP contribution in [0.15, 0.2) is 29.2 Å². The van der Waals surface area contributed by atoms with Crippen molar-refractivity contribution in [3.8, 4) is 0 Å². The highest BCUT2D eigenvalue weighted by Gasteiger charge is 2.26. The fourth-order valence-corrected chi connectivity index (χ4v) is 3.97. The third-order valence-electron chi connectivity index (χ3n) is 5.04. The van der Waals surface area contributed by atoms with Crippen molar-refractivity contribution in [2.24, 2.45) is 11.1 Å². The van der Waals surface area contributed by atoms with Crippen molar-refractivity contribution < 1.29 is 18.0 Å². The number of hydrogen-bond donors (Lipinski definition) is 3. The average molecular weight is 425 g/mol. The summed E-state index contributed by atoms with van der Waals surface area (Å²) in [5, 5.41) is 10.8. The number of nitrogens with two attached hydrogens (primary N) is 1. The van der Waals surface area contributed by atoms with Gasteiger partial charge in [0.1, 0.15) is 0 Å². The molecule has 0 saturated carbocycles. The summed E-state index contributed by atoms with van der Waals surface area (Å²) in [6, 6.07) is 5.71. The molecule has 1 saturated heterocycles. The van der Waals surface area contributed by atoms with Crippen molar-refractivity contribution in [1.82, 2.24) is 10.2 Å². The third-order valence-corrected chi connectivity index (χ3v) is 5.97. The lowest BCUT2D eigenvalue weighted by Crippen LogP contribution is -2.45. The number of sulfonamides is 1. The van der Waals surface area contributed by atoms with Crippen LogP contribution >= 0.6 is 0 Å². The summed E-state index contributed by atoms with van der Waals surface area (Å²) in [6.45, 7) is 4.41. The fourth-order valence-electron chi connectivity index (χ4n) is 3.45. The topological polar surface area (TPSA) is 122 Å². The Hall–Kier alpha value is -1.97. The first kappa shape index (κ1) is 23.3. The highest BCUT2D eigenvalue weighted by molar-refractivity contribution is 7.89. The second kappa shape index (κ2) is 11.3. The number of anilines is 1. The van der Waals surface area contributed by atoms with E-state index in [-0.39, 0.29) is 29.2 Å². The molecule has 4 N–H and O–H groups in total. The van der Waals surface area contributed by atoms with E-state index >= 15 is 0 Å². The fraction of sp³-hybridized carbons (Fsp3) is 0.600. The number of likely N-dealkylation sites (tertiary alicyclic amines) is 1. The minimum atomic E-state index is -3.76. The molecule has 29 heavy (non-hydrogen) atoms. The van der Waals surface area contributed by atoms with Crippen LogP contribution in [0.4, 0.5) is 5.69 Å². The zero-order valence-corrected chi connectivity index (χ0v) is 17.8. The predicted octanol–water partition coefficient (Wildman–Crippen LogP) is 1.68. The van der Waals surface area contributed by atoms with Gasteiger partial charge in [-0.05, 0) is 50.1 Å². The quantitative estimate of drug-likeness (QED) is 0.493. The van der Waals surface area contributed by atoms with Gasteiger partial charge in [0.2, 0.25) is 21.8 Å². The van der Waals surface area contributed by atoms with Gasteiger partial charge < -0.3 is 10.6 Å². The summed E-state index contributed by atoms with van der Waals surface area (Å²) in [5.74, 6) is -0.212. The summed E-state index contributed by atoms with van der Waals surface area (Å²) >= 11 is 0. The number of primary sulfonamides is 1. The summed E-state index contributed by atoms with van der Waals surface area (Å²) in [5.41, 5.74) is 0.501. The Kier molecular flexibility index (Phi) is 9.06. The first-order valence-corrected chi connectivity index (χ1v) is 11.8. The van der Waals surface area contributed by atoms with E-state index in [9.17, 15) is 18.0 Å². The highest BCUT2D eigenvalue weighted by atomic mass is 32.2. The minimum Gasteiger partial charge on any atom is -0.356 e. The number of unbranched alkanes of at least 4 members (excludes halogenated alkanes) is 3. The van der Waals surface area contributed by atoms with Gasteiger partial charge in [0.15, 0.2) is 0 Å². The van der Waals surface area contributed by atoms with Crippen molar-refractivity contribution in [3.05, 3.63) is 24.3 Å². The van der Waals surface area contributed by atoms with Crippen LogP contribution in [0.5, 0.6) is 0 Å². The van der Waals surface area contributed by atoms with Crippen LogP contribution in [0, 0.1) is 5.92 Å². The Balaban J connectivity index is 1.77. The van der Waals surface area contributed by atoms with Crippen LogP contribution in [-0.2, 0) is 19.6 Å². The maximum Gasteiger partial charge on any atom is 0.238 e. The predicted molar refractivity (Wildman–Crippen MR) is 113 cm³/mol. The number of amides is 2. The largest absolute Gasteiger partial charge is 0.356 e. The van der Waals surface area contributed by atoms with Crippen LogP contribution in [0.1, 0.15) is 45.4 Å². The average Bonchev–Trinajstić information content (AvgIpc) is 2.67. The Bertz CT molecular complexity index is 780. The molecule has 1 aliphatic heterocycles. The smallest absolute Gasteiger partial charge is 0.238 e. The lowest BCUT2D eigenvalue weighted by Gasteiger charge is -2.31. The van der Waals surface area contributed by atoms with E-state index in [1.54, 1.807) is 0 Å². The second-order valence-corrected chi connectivity index (χ2v) is 9.10. The number of carbonyl (C=O) groups excluding carboxylic acids is 2. The Morgan fingerprint density at radius 2 is 1.90 bits per heavy atom. The molecule has 162 valence electrons. The monoisotopic (exact) mass is 424 g/mol. The van der Waals surface area contributed by atoms with Crippen molar-refractivity contribution in [3.63, 3.8) is 0 Å². The number of benzene rings is 1. The molecular weight excluding hydrogens is 392 g/mol. The molecule has 1 unspecified atom stereocenters. The van der Waals surface area contributed by atoms with Crippen LogP contribution < -0.4 is 15.8 Å². The SMILES string of the molecule is CCCCCCNC(=O)C1CCCN(CC(=O)Nc2ccc(S(N)(=O)=O)cc2)C1. The van der Waals surface area contributed by atoms with Gasteiger partial charge in [0.25, 0.3) is 0 Å². The third kappa shape index (κ3) is 8.12. The van der Waals surface area contributed by atoms with E-state index in [4.69, 9.17) is 5.14 Å². The molecule has 1 heterocycles. The molecule has 1 fully saturated rings. The minimum absolute atomic E-state index is 0.00456. The normalized spacial score (nSPS) is 17.7. The molecule has 2 amide bonds. The number of carbonyl (C=O) groups is 2. The number of nitrogens with zero attached hydrogens (tertiary/aromatic N) is 1. The summed E-state index contributed by atoms with van der Waals surface area (Å²) < 4.78 is 22.6. The lowest BCUT2D eigenvalue weighted by atomic mass is 9.97. The first-order chi connectivity index (χ1) is 13.8. The lowest BCUT2D eigenvalue weighted by molar-refractivity contribution is -0.128. The van der Waals surface area contributed by atoms with Gasteiger partial charge in [-0.1, -0.05) is 26.2 Å². The number of piperidine rings is 1. The molecule has 0 aliphatic carbocycles. The van der Waals surface area contributed by atoms with Crippen LogP contribution in [0.3, 0.4) is 0 Å². The molecule has 1 atom stereocenters. The maximum atomic E-state index is 12.4. The van der Waals surface area contributed by atoms with E-state index in [0.29, 0.717) is 18.8 Å². The molecule has 0 bridgehead atoms. The molecular formula is C20H32N4O4S. The van der Waals surface area contributed by atoms with Gasteiger partial charge in [-0.25, -0.2) is 13.6 Å². The zero-order chi connectivity index (χ0) is 21.3. The van der Waals surface area contributed by atoms with E-state index in [2.05, 4.69) is 17.6 Å². The zero-order valence-electron chi connectivity index (χ0n) is 17.0. The van der Waals surface area contributed by atoms with E-state index in [1.807, 2.05) is 4.90 Å². The molecule has 0 radical (unpaired) electrons. The van der Waals surface area contributed by atoms with E-state index in [0.717, 1.165) is 32.2 Å². The molecule has 1 aromatic carbocycles. The van der Waals surface area contributed by atoms with Crippen LogP contribution in [0.25, 0.3) is 0 Å². The first-order valence-electron chi connectivity index (χ1n) is 10.2. The van der Waals surface area contributed by atoms with Crippen molar-refractivity contribution in [2.45, 2.75) is 50.3 Å². The Labute approximate surface area is 173 Å². The highest BCUT2D eigenvalue weighted by Crippen LogP contribution is 2.17. The van der Waals surface area contributed by atoms with Crippen LogP contribution in [0.2, 0.25) is 0 Å². The Morgan fingerprint density at radius 1 is 1.17 bits per heavy atom. The van der Waals surface area contributed by atoms with Crippen molar-refractivity contribution in [2.75, 3.05) is 31.5 Å². The van der Waals surface area contributed by atoms with Gasteiger partial charge in [-0.2, -0.15) is 0 Å². The molecule has 1 aliphatic rings. The molecule has 9 heteroatoms. The molecule has 0 spiro atoms. The van der Waals surface area contributed by atoms with Gasteiger partial charge in [-0.15, -0.1) is 0 Å². The number of nitrogens with one attached hydrogen (secondary N) is 2. The number of hydrogen-bond acceptors (Lipinski definition) is 5. The van der Waals surface area contributed by atoms with E-state index in [1.165, 1.54) is 37.1 Å². The van der Waals surface area contributed by atoms with Gasteiger partial charge in [0.05, 0.1) is 17.4 Å². The van der Waals surface area contributed by atoms with E-state index < -0.39 is 10.0 Å².